The second-order valence-electron chi connectivity index (χ2n) is 7.45. The Kier molecular flexibility index (Phi) is 6.65. The van der Waals surface area contributed by atoms with E-state index in [2.05, 4.69) is 10.6 Å². The maximum absolute atomic E-state index is 12.8. The molecule has 2 aromatic rings. The van der Waals surface area contributed by atoms with Crippen LogP contribution in [-0.2, 0) is 9.53 Å². The van der Waals surface area contributed by atoms with Gasteiger partial charge in [0.1, 0.15) is 0 Å². The minimum atomic E-state index is -0.716. The van der Waals surface area contributed by atoms with Gasteiger partial charge in [0.25, 0.3) is 5.91 Å². The van der Waals surface area contributed by atoms with Crippen molar-refractivity contribution in [1.82, 2.24) is 10.2 Å². The van der Waals surface area contributed by atoms with Gasteiger partial charge in [-0.1, -0.05) is 35.9 Å². The SMILES string of the molecule is CC1=C(C(=O)OC(C)C)[C@H](c2cccc(NC(=O)c3ccccc3Cl)c2)NC(=O)N1C. The molecule has 0 saturated carbocycles. The molecule has 0 saturated heterocycles. The Hall–Kier alpha value is -3.32. The van der Waals surface area contributed by atoms with Crippen LogP contribution in [-0.4, -0.2) is 36.0 Å². The number of carbonyl (C=O) groups excluding carboxylic acids is 3. The van der Waals surface area contributed by atoms with Crippen LogP contribution < -0.4 is 10.6 Å². The summed E-state index contributed by atoms with van der Waals surface area (Å²) in [7, 11) is 1.59. The van der Waals surface area contributed by atoms with Gasteiger partial charge >= 0.3 is 12.0 Å². The summed E-state index contributed by atoms with van der Waals surface area (Å²) in [5.41, 5.74) is 2.33. The first kappa shape index (κ1) is 22.4. The predicted molar refractivity (Wildman–Crippen MR) is 119 cm³/mol. The van der Waals surface area contributed by atoms with E-state index in [0.29, 0.717) is 33.1 Å². The molecule has 1 atom stereocenters. The van der Waals surface area contributed by atoms with Gasteiger partial charge in [0.15, 0.2) is 0 Å². The Labute approximate surface area is 186 Å². The molecule has 0 fully saturated rings. The number of ether oxygens (including phenoxy) is 1. The zero-order valence-corrected chi connectivity index (χ0v) is 18.5. The molecule has 0 aliphatic carbocycles. The van der Waals surface area contributed by atoms with E-state index in [-0.39, 0.29) is 18.0 Å². The van der Waals surface area contributed by atoms with Gasteiger partial charge in [-0.25, -0.2) is 9.59 Å². The molecule has 0 unspecified atom stereocenters. The predicted octanol–water partition coefficient (Wildman–Crippen LogP) is 4.51. The first-order valence-corrected chi connectivity index (χ1v) is 10.2. The third-order valence-corrected chi connectivity index (χ3v) is 5.24. The van der Waals surface area contributed by atoms with Crippen LogP contribution in [0.1, 0.15) is 42.7 Å². The van der Waals surface area contributed by atoms with Crippen molar-refractivity contribution in [3.8, 4) is 0 Å². The smallest absolute Gasteiger partial charge is 0.338 e. The maximum atomic E-state index is 12.8. The number of benzene rings is 2. The van der Waals surface area contributed by atoms with Crippen LogP contribution in [0.25, 0.3) is 0 Å². The van der Waals surface area contributed by atoms with Crippen LogP contribution in [0.2, 0.25) is 5.02 Å². The fraction of sp³-hybridized carbons (Fsp3) is 0.261. The monoisotopic (exact) mass is 441 g/mol. The van der Waals surface area contributed by atoms with Gasteiger partial charge in [-0.15, -0.1) is 0 Å². The van der Waals surface area contributed by atoms with E-state index >= 15 is 0 Å². The molecule has 3 rings (SSSR count). The summed E-state index contributed by atoms with van der Waals surface area (Å²) in [6, 6.07) is 12.6. The van der Waals surface area contributed by atoms with Gasteiger partial charge < -0.3 is 20.3 Å². The molecule has 8 heteroatoms. The molecule has 2 aromatic carbocycles. The van der Waals surface area contributed by atoms with Crippen LogP contribution in [0.5, 0.6) is 0 Å². The molecule has 1 heterocycles. The van der Waals surface area contributed by atoms with E-state index < -0.39 is 12.0 Å². The number of urea groups is 1. The van der Waals surface area contributed by atoms with Crippen molar-refractivity contribution in [2.45, 2.75) is 32.9 Å². The van der Waals surface area contributed by atoms with Gasteiger partial charge in [0, 0.05) is 18.4 Å². The zero-order valence-electron chi connectivity index (χ0n) is 17.7. The number of anilines is 1. The molecule has 3 amide bonds. The largest absolute Gasteiger partial charge is 0.459 e. The number of hydrogen-bond donors (Lipinski definition) is 2. The van der Waals surface area contributed by atoms with E-state index in [0.717, 1.165) is 0 Å². The molecule has 0 spiro atoms. The zero-order chi connectivity index (χ0) is 22.7. The molecule has 2 N–H and O–H groups in total. The Balaban J connectivity index is 1.94. The number of allylic oxidation sites excluding steroid dienone is 1. The van der Waals surface area contributed by atoms with Gasteiger partial charge in [-0.05, 0) is 50.6 Å². The van der Waals surface area contributed by atoms with Crippen LogP contribution in [0.4, 0.5) is 10.5 Å². The third-order valence-electron chi connectivity index (χ3n) is 4.91. The molecule has 1 aliphatic rings. The van der Waals surface area contributed by atoms with Crippen LogP contribution >= 0.6 is 11.6 Å². The lowest BCUT2D eigenvalue weighted by Crippen LogP contribution is -2.46. The summed E-state index contributed by atoms with van der Waals surface area (Å²) in [5.74, 6) is -0.865. The molecule has 1 aliphatic heterocycles. The minimum absolute atomic E-state index is 0.308. The Morgan fingerprint density at radius 3 is 2.55 bits per heavy atom. The molecule has 31 heavy (non-hydrogen) atoms. The van der Waals surface area contributed by atoms with Crippen molar-refractivity contribution in [3.05, 3.63) is 76.0 Å². The topological polar surface area (TPSA) is 87.7 Å². The van der Waals surface area contributed by atoms with Gasteiger partial charge in [0.05, 0.1) is 28.3 Å². The minimum Gasteiger partial charge on any atom is -0.459 e. The molecular weight excluding hydrogens is 418 g/mol. The summed E-state index contributed by atoms with van der Waals surface area (Å²) in [6.45, 7) is 5.23. The number of nitrogens with one attached hydrogen (secondary N) is 2. The van der Waals surface area contributed by atoms with Crippen LogP contribution in [0.3, 0.4) is 0 Å². The first-order chi connectivity index (χ1) is 14.7. The van der Waals surface area contributed by atoms with E-state index in [9.17, 15) is 14.4 Å². The summed E-state index contributed by atoms with van der Waals surface area (Å²) in [5, 5.41) is 5.98. The van der Waals surface area contributed by atoms with Crippen molar-refractivity contribution in [2.24, 2.45) is 0 Å². The van der Waals surface area contributed by atoms with Crippen molar-refractivity contribution in [2.75, 3.05) is 12.4 Å². The number of nitrogens with zero attached hydrogens (tertiary/aromatic N) is 1. The Bertz CT molecular complexity index is 1060. The van der Waals surface area contributed by atoms with Crippen LogP contribution in [0, 0.1) is 0 Å². The van der Waals surface area contributed by atoms with Crippen molar-refractivity contribution in [3.63, 3.8) is 0 Å². The number of carbonyl (C=O) groups is 3. The summed E-state index contributed by atoms with van der Waals surface area (Å²) in [6.07, 6.45) is -0.308. The number of rotatable bonds is 5. The molecular formula is C23H24ClN3O4. The second-order valence-corrected chi connectivity index (χ2v) is 7.86. The maximum Gasteiger partial charge on any atom is 0.338 e. The number of amides is 3. The highest BCUT2D eigenvalue weighted by Gasteiger charge is 2.35. The fourth-order valence-corrected chi connectivity index (χ4v) is 3.49. The fourth-order valence-electron chi connectivity index (χ4n) is 3.27. The molecule has 0 radical (unpaired) electrons. The van der Waals surface area contributed by atoms with Crippen molar-refractivity contribution >= 4 is 35.2 Å². The van der Waals surface area contributed by atoms with E-state index in [4.69, 9.17) is 16.3 Å². The number of esters is 1. The van der Waals surface area contributed by atoms with Crippen LogP contribution in [0.15, 0.2) is 59.8 Å². The number of hydrogen-bond acceptors (Lipinski definition) is 4. The summed E-state index contributed by atoms with van der Waals surface area (Å²) < 4.78 is 5.40. The lowest BCUT2D eigenvalue weighted by Gasteiger charge is -2.33. The quantitative estimate of drug-likeness (QED) is 0.668. The van der Waals surface area contributed by atoms with Gasteiger partial charge in [0.2, 0.25) is 0 Å². The molecule has 7 nitrogen and oxygen atoms in total. The van der Waals surface area contributed by atoms with E-state index in [1.54, 1.807) is 76.3 Å². The normalized spacial score (nSPS) is 16.3. The lowest BCUT2D eigenvalue weighted by molar-refractivity contribution is -0.143. The third kappa shape index (κ3) is 4.88. The molecule has 162 valence electrons. The average molecular weight is 442 g/mol. The van der Waals surface area contributed by atoms with E-state index in [1.807, 2.05) is 0 Å². The van der Waals surface area contributed by atoms with Gasteiger partial charge in [-0.3, -0.25) is 4.79 Å². The summed E-state index contributed by atoms with van der Waals surface area (Å²) in [4.78, 5) is 39.2. The Morgan fingerprint density at radius 1 is 1.16 bits per heavy atom. The Morgan fingerprint density at radius 2 is 1.87 bits per heavy atom. The van der Waals surface area contributed by atoms with Crippen molar-refractivity contribution in [1.29, 1.82) is 0 Å². The van der Waals surface area contributed by atoms with Gasteiger partial charge in [-0.2, -0.15) is 0 Å². The highest BCUT2D eigenvalue weighted by atomic mass is 35.5. The highest BCUT2D eigenvalue weighted by molar-refractivity contribution is 6.34. The van der Waals surface area contributed by atoms with Crippen molar-refractivity contribution < 1.29 is 19.1 Å². The average Bonchev–Trinajstić information content (AvgIpc) is 2.71. The number of halogens is 1. The van der Waals surface area contributed by atoms with E-state index in [1.165, 1.54) is 4.90 Å². The molecule has 0 bridgehead atoms. The highest BCUT2D eigenvalue weighted by Crippen LogP contribution is 2.32. The first-order valence-electron chi connectivity index (χ1n) is 9.81. The second kappa shape index (κ2) is 9.22. The molecule has 0 aromatic heterocycles. The summed E-state index contributed by atoms with van der Waals surface area (Å²) >= 11 is 6.11. The standard InChI is InChI=1S/C23H24ClN3O4/c1-13(2)31-22(29)19-14(3)27(4)23(30)26-20(19)15-8-7-9-16(12-15)25-21(28)17-10-5-6-11-18(17)24/h5-13,20H,1-4H3,(H,25,28)(H,26,30)/t20-/m0/s1. The lowest BCUT2D eigenvalue weighted by atomic mass is 9.94.